The second kappa shape index (κ2) is 11.8. The highest BCUT2D eigenvalue weighted by atomic mass is 16.8. The Kier molecular flexibility index (Phi) is 7.53. The molecule has 5 fully saturated rings. The Labute approximate surface area is 244 Å². The Hall–Kier alpha value is -2.70. The second-order valence-electron chi connectivity index (χ2n) is 11.3. The Morgan fingerprint density at radius 3 is 1.90 bits per heavy atom. The highest BCUT2D eigenvalue weighted by Gasteiger charge is 2.63. The van der Waals surface area contributed by atoms with E-state index in [0.29, 0.717) is 26.4 Å². The van der Waals surface area contributed by atoms with Gasteiger partial charge in [-0.15, -0.1) is 0 Å². The molecule has 11 unspecified atom stereocenters. The highest BCUT2D eigenvalue weighted by Crippen LogP contribution is 2.45. The third kappa shape index (κ3) is 5.41. The zero-order valence-corrected chi connectivity index (χ0v) is 23.0. The summed E-state index contributed by atoms with van der Waals surface area (Å²) in [4.78, 5) is 0. The van der Waals surface area contributed by atoms with Gasteiger partial charge in [0.15, 0.2) is 18.9 Å². The molecule has 9 heteroatoms. The van der Waals surface area contributed by atoms with E-state index in [1.807, 2.05) is 91.0 Å². The fourth-order valence-corrected chi connectivity index (χ4v) is 6.27. The summed E-state index contributed by atoms with van der Waals surface area (Å²) >= 11 is 0. The third-order valence-electron chi connectivity index (χ3n) is 8.47. The predicted molar refractivity (Wildman–Crippen MR) is 147 cm³/mol. The van der Waals surface area contributed by atoms with Gasteiger partial charge in [0.05, 0.1) is 26.4 Å². The minimum Gasteiger partial charge on any atom is -0.368 e. The molecular weight excluding hydrogens is 540 g/mol. The van der Waals surface area contributed by atoms with E-state index >= 15 is 0 Å². The molecule has 0 saturated carbocycles. The van der Waals surface area contributed by atoms with Gasteiger partial charge >= 0.3 is 0 Å². The molecule has 0 amide bonds. The van der Waals surface area contributed by atoms with E-state index in [-0.39, 0.29) is 30.7 Å². The van der Waals surface area contributed by atoms with Crippen molar-refractivity contribution < 1.29 is 42.6 Å². The summed E-state index contributed by atoms with van der Waals surface area (Å²) < 4.78 is 57.0. The van der Waals surface area contributed by atoms with E-state index < -0.39 is 37.0 Å². The van der Waals surface area contributed by atoms with Crippen LogP contribution in [0.1, 0.15) is 23.0 Å². The Morgan fingerprint density at radius 2 is 1.19 bits per heavy atom. The number of ether oxygens (including phenoxy) is 9. The molecule has 5 saturated heterocycles. The van der Waals surface area contributed by atoms with Crippen LogP contribution in [-0.4, -0.2) is 74.6 Å². The van der Waals surface area contributed by atoms with Crippen LogP contribution in [0, 0.1) is 0 Å². The monoisotopic (exact) mass is 574 g/mol. The number of benzene rings is 3. The minimum absolute atomic E-state index is 0.0997. The highest BCUT2D eigenvalue weighted by molar-refractivity contribution is 5.18. The van der Waals surface area contributed by atoms with Crippen LogP contribution in [0.15, 0.2) is 91.0 Å². The molecular formula is C33H34O9. The molecule has 220 valence electrons. The van der Waals surface area contributed by atoms with E-state index in [1.165, 1.54) is 0 Å². The van der Waals surface area contributed by atoms with Gasteiger partial charge in [-0.05, 0) is 11.1 Å². The molecule has 5 heterocycles. The zero-order valence-electron chi connectivity index (χ0n) is 23.0. The molecule has 9 nitrogen and oxygen atoms in total. The summed E-state index contributed by atoms with van der Waals surface area (Å²) in [5.41, 5.74) is 3.02. The lowest BCUT2D eigenvalue weighted by Gasteiger charge is -2.49. The van der Waals surface area contributed by atoms with Crippen molar-refractivity contribution in [2.24, 2.45) is 0 Å². The van der Waals surface area contributed by atoms with Crippen molar-refractivity contribution in [3.05, 3.63) is 108 Å². The van der Waals surface area contributed by atoms with Crippen molar-refractivity contribution in [3.63, 3.8) is 0 Å². The molecule has 0 aliphatic carbocycles. The second-order valence-corrected chi connectivity index (χ2v) is 11.3. The third-order valence-corrected chi connectivity index (χ3v) is 8.47. The summed E-state index contributed by atoms with van der Waals surface area (Å²) in [7, 11) is 0. The van der Waals surface area contributed by atoms with Gasteiger partial charge < -0.3 is 42.6 Å². The number of hydrogen-bond donors (Lipinski definition) is 0. The average molecular weight is 575 g/mol. The summed E-state index contributed by atoms with van der Waals surface area (Å²) in [6.07, 6.45) is -4.46. The first-order valence-electron chi connectivity index (χ1n) is 14.7. The maximum absolute atomic E-state index is 6.69. The smallest absolute Gasteiger partial charge is 0.187 e. The van der Waals surface area contributed by atoms with Gasteiger partial charge in [0.2, 0.25) is 0 Å². The van der Waals surface area contributed by atoms with E-state index in [9.17, 15) is 0 Å². The molecule has 3 aromatic rings. The van der Waals surface area contributed by atoms with Crippen LogP contribution in [0.3, 0.4) is 0 Å². The van der Waals surface area contributed by atoms with Gasteiger partial charge in [-0.3, -0.25) is 0 Å². The van der Waals surface area contributed by atoms with Gasteiger partial charge in [0, 0.05) is 5.56 Å². The number of epoxide rings is 1. The maximum atomic E-state index is 6.69. The predicted octanol–water partition coefficient (Wildman–Crippen LogP) is 3.90. The summed E-state index contributed by atoms with van der Waals surface area (Å²) in [5, 5.41) is 0. The van der Waals surface area contributed by atoms with Crippen LogP contribution in [0.4, 0.5) is 0 Å². The number of rotatable bonds is 9. The van der Waals surface area contributed by atoms with Crippen molar-refractivity contribution in [1.29, 1.82) is 0 Å². The van der Waals surface area contributed by atoms with E-state index in [0.717, 1.165) is 16.7 Å². The van der Waals surface area contributed by atoms with Crippen molar-refractivity contribution in [2.45, 2.75) is 80.9 Å². The standard InChI is InChI=1S/C33H34O9/c1-4-10-20(11-5-1)16-34-27-25-23(18-36-31(41-25)22-14-8-3-9-15-22)39-33(29(27)35-17-21-12-6-2-7-13-21)42-26-24-19-37-32(38-24)30-28(26)40-30/h1-15,23-33H,16-19H2. The van der Waals surface area contributed by atoms with Crippen LogP contribution in [0.25, 0.3) is 0 Å². The number of fused-ring (bicyclic) bond motifs is 5. The summed E-state index contributed by atoms with van der Waals surface area (Å²) in [6.45, 7) is 1.51. The molecule has 0 radical (unpaired) electrons. The zero-order chi connectivity index (χ0) is 27.9. The Morgan fingerprint density at radius 1 is 0.548 bits per heavy atom. The minimum atomic E-state index is -0.771. The lowest BCUT2D eigenvalue weighted by Crippen LogP contribution is -2.64. The van der Waals surface area contributed by atoms with E-state index in [2.05, 4.69) is 0 Å². The lowest BCUT2D eigenvalue weighted by atomic mass is 9.96. The molecule has 3 aromatic carbocycles. The fourth-order valence-electron chi connectivity index (χ4n) is 6.27. The van der Waals surface area contributed by atoms with Crippen molar-refractivity contribution in [1.82, 2.24) is 0 Å². The summed E-state index contributed by atoms with van der Waals surface area (Å²) in [5.74, 6) is 0. The molecule has 0 N–H and O–H groups in total. The largest absolute Gasteiger partial charge is 0.368 e. The first-order valence-corrected chi connectivity index (χ1v) is 14.7. The molecule has 5 aliphatic heterocycles. The van der Waals surface area contributed by atoms with Crippen LogP contribution in [0.2, 0.25) is 0 Å². The lowest BCUT2D eigenvalue weighted by molar-refractivity contribution is -0.380. The van der Waals surface area contributed by atoms with E-state index in [4.69, 9.17) is 42.6 Å². The first-order chi connectivity index (χ1) is 20.8. The van der Waals surface area contributed by atoms with Crippen LogP contribution >= 0.6 is 0 Å². The molecule has 11 atom stereocenters. The molecule has 0 spiro atoms. The normalized spacial score (nSPS) is 38.4. The quantitative estimate of drug-likeness (QED) is 0.353. The Balaban J connectivity index is 1.09. The fraction of sp³-hybridized carbons (Fsp3) is 0.455. The molecule has 42 heavy (non-hydrogen) atoms. The summed E-state index contributed by atoms with van der Waals surface area (Å²) in [6, 6.07) is 30.0. The molecule has 8 rings (SSSR count). The van der Waals surface area contributed by atoms with Crippen LogP contribution < -0.4 is 0 Å². The van der Waals surface area contributed by atoms with Gasteiger partial charge in [0.25, 0.3) is 0 Å². The topological polar surface area (TPSA) is 86.4 Å². The molecule has 2 bridgehead atoms. The van der Waals surface area contributed by atoms with Gasteiger partial charge in [0.1, 0.15) is 48.8 Å². The molecule has 5 aliphatic rings. The van der Waals surface area contributed by atoms with Gasteiger partial charge in [-0.25, -0.2) is 0 Å². The SMILES string of the molecule is c1ccc(COC2C(OC3C4COC(O4)C4OC34)OC3COC(c4ccccc4)OC3C2OCc2ccccc2)cc1. The first kappa shape index (κ1) is 26.9. The average Bonchev–Trinajstić information content (AvgIpc) is 3.74. The van der Waals surface area contributed by atoms with Crippen molar-refractivity contribution in [3.8, 4) is 0 Å². The Bertz CT molecular complexity index is 1310. The van der Waals surface area contributed by atoms with Crippen LogP contribution in [-0.2, 0) is 55.8 Å². The van der Waals surface area contributed by atoms with E-state index in [1.54, 1.807) is 0 Å². The van der Waals surface area contributed by atoms with Gasteiger partial charge in [-0.1, -0.05) is 91.0 Å². The van der Waals surface area contributed by atoms with Crippen molar-refractivity contribution in [2.75, 3.05) is 13.2 Å². The number of hydrogen-bond acceptors (Lipinski definition) is 9. The van der Waals surface area contributed by atoms with Crippen LogP contribution in [0.5, 0.6) is 0 Å². The molecule has 0 aromatic heterocycles. The van der Waals surface area contributed by atoms with Crippen molar-refractivity contribution >= 4 is 0 Å². The maximum Gasteiger partial charge on any atom is 0.187 e. The van der Waals surface area contributed by atoms with Gasteiger partial charge in [-0.2, -0.15) is 0 Å².